The van der Waals surface area contributed by atoms with Crippen LogP contribution in [0.2, 0.25) is 0 Å². The smallest absolute Gasteiger partial charge is 0.408 e. The van der Waals surface area contributed by atoms with Gasteiger partial charge in [-0.25, -0.2) is 9.69 Å². The van der Waals surface area contributed by atoms with Crippen LogP contribution in [0.5, 0.6) is 0 Å². The van der Waals surface area contributed by atoms with E-state index in [2.05, 4.69) is 17.1 Å². The summed E-state index contributed by atoms with van der Waals surface area (Å²) in [4.78, 5) is 42.3. The minimum atomic E-state index is -1.07. The number of carbonyl (C=O) groups is 3. The van der Waals surface area contributed by atoms with Crippen LogP contribution in [0.4, 0.5) is 10.5 Å². The molecule has 52 heavy (non-hydrogen) atoms. The van der Waals surface area contributed by atoms with Crippen molar-refractivity contribution in [2.75, 3.05) is 18.5 Å². The molecular weight excluding hydrogens is 662 g/mol. The van der Waals surface area contributed by atoms with Gasteiger partial charge in [-0.1, -0.05) is 104 Å². The van der Waals surface area contributed by atoms with Crippen molar-refractivity contribution >= 4 is 23.6 Å². The van der Waals surface area contributed by atoms with Gasteiger partial charge >= 0.3 is 6.09 Å². The molecule has 2 saturated heterocycles. The van der Waals surface area contributed by atoms with Crippen LogP contribution in [-0.2, 0) is 37.0 Å². The highest BCUT2D eigenvalue weighted by atomic mass is 16.7. The second-order valence-electron chi connectivity index (χ2n) is 13.5. The summed E-state index contributed by atoms with van der Waals surface area (Å²) in [6, 6.07) is 31.9. The summed E-state index contributed by atoms with van der Waals surface area (Å²) in [5, 5.41) is 23.3. The lowest BCUT2D eigenvalue weighted by molar-refractivity contribution is -0.276. The fourth-order valence-corrected chi connectivity index (χ4v) is 6.68. The zero-order valence-electron chi connectivity index (χ0n) is 29.5. The summed E-state index contributed by atoms with van der Waals surface area (Å²) >= 11 is 0. The second-order valence-corrected chi connectivity index (χ2v) is 13.5. The number of rotatable bonds is 12. The molecule has 2 aliphatic heterocycles. The van der Waals surface area contributed by atoms with Crippen LogP contribution in [0.1, 0.15) is 66.6 Å². The number of anilines is 1. The molecule has 11 nitrogen and oxygen atoms in total. The summed E-state index contributed by atoms with van der Waals surface area (Å²) in [6.07, 6.45) is -3.30. The van der Waals surface area contributed by atoms with E-state index in [9.17, 15) is 24.6 Å². The predicted octanol–water partition coefficient (Wildman–Crippen LogP) is 5.58. The van der Waals surface area contributed by atoms with Crippen molar-refractivity contribution in [3.05, 3.63) is 137 Å². The molecule has 2 fully saturated rings. The first-order valence-corrected chi connectivity index (χ1v) is 17.5. The van der Waals surface area contributed by atoms with Gasteiger partial charge in [0.15, 0.2) is 6.29 Å². The molecule has 0 aromatic heterocycles. The number of nitrogens with zero attached hydrogens (tertiary/aromatic N) is 2. The number of aliphatic hydroxyl groups is 2. The molecular formula is C41H45N3O8. The van der Waals surface area contributed by atoms with Crippen molar-refractivity contribution in [2.45, 2.75) is 70.2 Å². The lowest BCUT2D eigenvalue weighted by Gasteiger charge is -2.43. The van der Waals surface area contributed by atoms with Gasteiger partial charge < -0.3 is 29.7 Å². The van der Waals surface area contributed by atoms with E-state index >= 15 is 0 Å². The van der Waals surface area contributed by atoms with E-state index in [4.69, 9.17) is 14.2 Å². The van der Waals surface area contributed by atoms with Crippen LogP contribution in [0, 0.1) is 5.92 Å². The van der Waals surface area contributed by atoms with Crippen LogP contribution >= 0.6 is 0 Å². The van der Waals surface area contributed by atoms with E-state index in [1.165, 1.54) is 0 Å². The molecule has 0 saturated carbocycles. The first-order chi connectivity index (χ1) is 25.1. The Hall–Kier alpha value is -4.91. The second kappa shape index (κ2) is 16.6. The van der Waals surface area contributed by atoms with E-state index in [1.807, 2.05) is 105 Å². The van der Waals surface area contributed by atoms with Crippen LogP contribution in [0.15, 0.2) is 109 Å². The molecule has 1 unspecified atom stereocenters. The molecule has 3 amide bonds. The number of carbonyl (C=O) groups excluding carboxylic acids is 3. The Morgan fingerprint density at radius 1 is 0.923 bits per heavy atom. The normalized spacial score (nSPS) is 23.0. The highest BCUT2D eigenvalue weighted by Crippen LogP contribution is 2.43. The summed E-state index contributed by atoms with van der Waals surface area (Å²) in [6.45, 7) is 4.47. The molecule has 2 aliphatic rings. The molecule has 3 N–H and O–H groups in total. The maximum atomic E-state index is 13.5. The van der Waals surface area contributed by atoms with Gasteiger partial charge in [-0.2, -0.15) is 0 Å². The van der Waals surface area contributed by atoms with Crippen molar-refractivity contribution in [1.82, 2.24) is 10.2 Å². The Bertz CT molecular complexity index is 1820. The van der Waals surface area contributed by atoms with Gasteiger partial charge in [-0.3, -0.25) is 14.5 Å². The van der Waals surface area contributed by atoms with Crippen molar-refractivity contribution in [1.29, 1.82) is 0 Å². The summed E-state index contributed by atoms with van der Waals surface area (Å²) in [5.41, 5.74) is 4.25. The van der Waals surface area contributed by atoms with E-state index in [0.717, 1.165) is 27.2 Å². The van der Waals surface area contributed by atoms with Gasteiger partial charge in [0.25, 0.3) is 5.91 Å². The Morgan fingerprint density at radius 3 is 2.31 bits per heavy atom. The third-order valence-corrected chi connectivity index (χ3v) is 9.94. The summed E-state index contributed by atoms with van der Waals surface area (Å²) < 4.78 is 18.5. The van der Waals surface area contributed by atoms with Crippen LogP contribution < -0.4 is 10.2 Å². The molecule has 11 heteroatoms. The molecule has 0 bridgehead atoms. The average Bonchev–Trinajstić information content (AvgIpc) is 3.46. The van der Waals surface area contributed by atoms with Crippen LogP contribution in [-0.4, -0.2) is 64.8 Å². The lowest BCUT2D eigenvalue weighted by atomic mass is 9.89. The first-order valence-electron chi connectivity index (χ1n) is 17.5. The number of imide groups is 1. The first kappa shape index (κ1) is 36.9. The fourth-order valence-electron chi connectivity index (χ4n) is 6.68. The van der Waals surface area contributed by atoms with Gasteiger partial charge in [0.1, 0.15) is 12.6 Å². The highest BCUT2D eigenvalue weighted by molar-refractivity contribution is 6.22. The SMILES string of the molecule is C[C@H]1[C@@H](CN(C)[C@H](C)[C@@H](O)c2ccccc2)O[C@@H](c2cccc(N3C(=O)CC(NC(=O)OCc4ccccc4)C3=O)c2)O[C@H]1c1ccc(CO)cc1. The van der Waals surface area contributed by atoms with Gasteiger partial charge in [0.05, 0.1) is 37.0 Å². The third kappa shape index (κ3) is 8.41. The average molecular weight is 708 g/mol. The summed E-state index contributed by atoms with van der Waals surface area (Å²) in [5.74, 6) is -1.13. The molecule has 0 spiro atoms. The van der Waals surface area contributed by atoms with E-state index in [1.54, 1.807) is 18.2 Å². The Morgan fingerprint density at radius 2 is 1.62 bits per heavy atom. The maximum absolute atomic E-state index is 13.5. The molecule has 0 aliphatic carbocycles. The minimum Gasteiger partial charge on any atom is -0.445 e. The Labute approximate surface area is 303 Å². The van der Waals surface area contributed by atoms with Gasteiger partial charge in [-0.15, -0.1) is 0 Å². The molecule has 7 atom stereocenters. The Kier molecular flexibility index (Phi) is 11.8. The zero-order chi connectivity index (χ0) is 36.8. The van der Waals surface area contributed by atoms with E-state index in [-0.39, 0.29) is 37.7 Å². The molecule has 2 heterocycles. The van der Waals surface area contributed by atoms with Crippen molar-refractivity contribution in [3.8, 4) is 0 Å². The number of likely N-dealkylation sites (N-methyl/N-ethyl adjacent to an activating group) is 1. The topological polar surface area (TPSA) is 138 Å². The zero-order valence-corrected chi connectivity index (χ0v) is 29.5. The number of benzene rings is 4. The number of aliphatic hydroxyl groups excluding tert-OH is 2. The third-order valence-electron chi connectivity index (χ3n) is 9.94. The molecule has 6 rings (SSSR count). The number of hydrogen-bond donors (Lipinski definition) is 3. The van der Waals surface area contributed by atoms with Gasteiger partial charge in [0, 0.05) is 24.1 Å². The number of alkyl carbamates (subject to hydrolysis) is 1. The number of amides is 3. The monoisotopic (exact) mass is 707 g/mol. The van der Waals surface area contributed by atoms with Crippen molar-refractivity contribution in [3.63, 3.8) is 0 Å². The molecule has 272 valence electrons. The van der Waals surface area contributed by atoms with Crippen molar-refractivity contribution in [2.24, 2.45) is 5.92 Å². The lowest BCUT2D eigenvalue weighted by Crippen LogP contribution is -2.46. The molecule has 4 aromatic rings. The van der Waals surface area contributed by atoms with Crippen molar-refractivity contribution < 1.29 is 38.8 Å². The molecule has 0 radical (unpaired) electrons. The van der Waals surface area contributed by atoms with Crippen LogP contribution in [0.3, 0.4) is 0 Å². The predicted molar refractivity (Wildman–Crippen MR) is 194 cm³/mol. The fraction of sp³-hybridized carbons (Fsp3) is 0.341. The number of hydrogen-bond acceptors (Lipinski definition) is 9. The largest absolute Gasteiger partial charge is 0.445 e. The maximum Gasteiger partial charge on any atom is 0.408 e. The standard InChI is InChI=1S/C41H45N3O8/c1-26-35(23-43(3)27(2)37(47)30-13-8-5-9-14-30)51-40(52-38(26)31-19-17-28(24-45)18-20-31)32-15-10-16-33(21-32)44-36(46)22-34(39(44)48)42-41(49)50-25-29-11-6-4-7-12-29/h4-21,26-27,34-35,37-38,40,45,47H,22-25H2,1-3H3,(H,42,49)/t26-,27+,34?,35+,37+,38+,40+/m0/s1. The number of nitrogens with one attached hydrogen (secondary N) is 1. The van der Waals surface area contributed by atoms with Gasteiger partial charge in [0.2, 0.25) is 5.91 Å². The van der Waals surface area contributed by atoms with Gasteiger partial charge in [-0.05, 0) is 48.4 Å². The van der Waals surface area contributed by atoms with E-state index in [0.29, 0.717) is 17.8 Å². The van der Waals surface area contributed by atoms with Crippen LogP contribution in [0.25, 0.3) is 0 Å². The molecule has 4 aromatic carbocycles. The minimum absolute atomic E-state index is 0.0309. The Balaban J connectivity index is 1.19. The quantitative estimate of drug-likeness (QED) is 0.161. The number of ether oxygens (including phenoxy) is 3. The summed E-state index contributed by atoms with van der Waals surface area (Å²) in [7, 11) is 1.95. The van der Waals surface area contributed by atoms with E-state index < -0.39 is 42.4 Å². The highest BCUT2D eigenvalue weighted by Gasteiger charge is 2.42.